The van der Waals surface area contributed by atoms with Crippen molar-refractivity contribution >= 4 is 16.6 Å². The van der Waals surface area contributed by atoms with Gasteiger partial charge >= 0.3 is 0 Å². The first kappa shape index (κ1) is 11.6. The highest BCUT2D eigenvalue weighted by molar-refractivity contribution is 5.82. The van der Waals surface area contributed by atoms with Crippen molar-refractivity contribution in [2.75, 3.05) is 13.2 Å². The second-order valence-electron chi connectivity index (χ2n) is 3.71. The Kier molecular flexibility index (Phi) is 3.39. The number of nitrogens with zero attached hydrogens (tertiary/aromatic N) is 2. The third-order valence-corrected chi connectivity index (χ3v) is 2.65. The summed E-state index contributed by atoms with van der Waals surface area (Å²) in [5.41, 5.74) is 1.12. The van der Waals surface area contributed by atoms with Gasteiger partial charge in [-0.3, -0.25) is 10.1 Å². The SMILES string of the molecule is CCOCCn1ccc2cc([N+](=O)[O-])ccc21. The number of aromatic nitrogens is 1. The predicted octanol–water partition coefficient (Wildman–Crippen LogP) is 2.59. The molecule has 0 aliphatic rings. The first-order valence-corrected chi connectivity index (χ1v) is 5.53. The van der Waals surface area contributed by atoms with Crippen LogP contribution in [-0.2, 0) is 11.3 Å². The molecule has 0 atom stereocenters. The maximum absolute atomic E-state index is 10.6. The van der Waals surface area contributed by atoms with Gasteiger partial charge in [0.25, 0.3) is 5.69 Å². The highest BCUT2D eigenvalue weighted by Crippen LogP contribution is 2.21. The molecular weight excluding hydrogens is 220 g/mol. The predicted molar refractivity (Wildman–Crippen MR) is 65.1 cm³/mol. The molecule has 2 rings (SSSR count). The van der Waals surface area contributed by atoms with Crippen molar-refractivity contribution in [3.05, 3.63) is 40.6 Å². The van der Waals surface area contributed by atoms with E-state index in [-0.39, 0.29) is 10.6 Å². The van der Waals surface area contributed by atoms with Crippen molar-refractivity contribution in [2.45, 2.75) is 13.5 Å². The van der Waals surface area contributed by atoms with E-state index in [0.717, 1.165) is 17.4 Å². The molecule has 0 amide bonds. The zero-order valence-electron chi connectivity index (χ0n) is 9.63. The molecule has 0 aliphatic heterocycles. The number of benzene rings is 1. The summed E-state index contributed by atoms with van der Waals surface area (Å²) in [5, 5.41) is 11.5. The Labute approximate surface area is 98.8 Å². The Bertz CT molecular complexity index is 534. The fraction of sp³-hybridized carbons (Fsp3) is 0.333. The Morgan fingerprint density at radius 1 is 1.41 bits per heavy atom. The molecule has 0 spiro atoms. The zero-order valence-corrected chi connectivity index (χ0v) is 9.63. The van der Waals surface area contributed by atoms with Gasteiger partial charge in [-0.1, -0.05) is 0 Å². The van der Waals surface area contributed by atoms with Crippen molar-refractivity contribution < 1.29 is 9.66 Å². The lowest BCUT2D eigenvalue weighted by Gasteiger charge is -2.05. The van der Waals surface area contributed by atoms with Crippen molar-refractivity contribution in [1.82, 2.24) is 4.57 Å². The van der Waals surface area contributed by atoms with E-state index in [9.17, 15) is 10.1 Å². The molecule has 0 bridgehead atoms. The zero-order chi connectivity index (χ0) is 12.3. The number of hydrogen-bond acceptors (Lipinski definition) is 3. The molecule has 17 heavy (non-hydrogen) atoms. The summed E-state index contributed by atoms with van der Waals surface area (Å²) in [6, 6.07) is 6.78. The van der Waals surface area contributed by atoms with Crippen molar-refractivity contribution in [1.29, 1.82) is 0 Å². The third-order valence-electron chi connectivity index (χ3n) is 2.65. The standard InChI is InChI=1S/C12H14N2O3/c1-2-17-8-7-13-6-5-10-9-11(14(15)16)3-4-12(10)13/h3-6,9H,2,7-8H2,1H3. The normalized spacial score (nSPS) is 10.9. The topological polar surface area (TPSA) is 57.3 Å². The van der Waals surface area contributed by atoms with Crippen LogP contribution < -0.4 is 0 Å². The summed E-state index contributed by atoms with van der Waals surface area (Å²) < 4.78 is 7.33. The van der Waals surface area contributed by atoms with Gasteiger partial charge in [0.15, 0.2) is 0 Å². The van der Waals surface area contributed by atoms with Crippen LogP contribution in [0.2, 0.25) is 0 Å². The average molecular weight is 234 g/mol. The fourth-order valence-corrected chi connectivity index (χ4v) is 1.80. The minimum atomic E-state index is -0.378. The molecule has 0 aliphatic carbocycles. The van der Waals surface area contributed by atoms with Crippen LogP contribution in [0.25, 0.3) is 10.9 Å². The molecule has 0 saturated heterocycles. The largest absolute Gasteiger partial charge is 0.380 e. The van der Waals surface area contributed by atoms with Crippen LogP contribution >= 0.6 is 0 Å². The van der Waals surface area contributed by atoms with E-state index in [1.807, 2.05) is 23.8 Å². The van der Waals surface area contributed by atoms with Gasteiger partial charge < -0.3 is 9.30 Å². The molecular formula is C12H14N2O3. The van der Waals surface area contributed by atoms with Crippen LogP contribution in [0.5, 0.6) is 0 Å². The Balaban J connectivity index is 2.25. The monoisotopic (exact) mass is 234 g/mol. The maximum atomic E-state index is 10.6. The number of rotatable bonds is 5. The molecule has 5 nitrogen and oxygen atoms in total. The number of non-ortho nitro benzene ring substituents is 1. The van der Waals surface area contributed by atoms with E-state index >= 15 is 0 Å². The van der Waals surface area contributed by atoms with Gasteiger partial charge in [-0.15, -0.1) is 0 Å². The van der Waals surface area contributed by atoms with E-state index in [0.29, 0.717) is 13.2 Å². The van der Waals surface area contributed by atoms with Gasteiger partial charge in [-0.05, 0) is 19.1 Å². The molecule has 0 N–H and O–H groups in total. The van der Waals surface area contributed by atoms with Crippen molar-refractivity contribution in [3.8, 4) is 0 Å². The van der Waals surface area contributed by atoms with Gasteiger partial charge in [0, 0.05) is 42.4 Å². The smallest absolute Gasteiger partial charge is 0.270 e. The first-order chi connectivity index (χ1) is 8.22. The maximum Gasteiger partial charge on any atom is 0.270 e. The van der Waals surface area contributed by atoms with Gasteiger partial charge in [0.2, 0.25) is 0 Å². The molecule has 0 fully saturated rings. The number of fused-ring (bicyclic) bond motifs is 1. The number of nitro groups is 1. The molecule has 5 heteroatoms. The lowest BCUT2D eigenvalue weighted by atomic mass is 10.2. The van der Waals surface area contributed by atoms with Gasteiger partial charge in [0.1, 0.15) is 0 Å². The van der Waals surface area contributed by atoms with Crippen molar-refractivity contribution in [2.24, 2.45) is 0 Å². The Morgan fingerprint density at radius 3 is 2.94 bits per heavy atom. The molecule has 1 heterocycles. The number of ether oxygens (including phenoxy) is 1. The van der Waals surface area contributed by atoms with Crippen molar-refractivity contribution in [3.63, 3.8) is 0 Å². The molecule has 2 aromatic rings. The molecule has 0 unspecified atom stereocenters. The van der Waals surface area contributed by atoms with Gasteiger partial charge in [-0.2, -0.15) is 0 Å². The molecule has 1 aromatic heterocycles. The van der Waals surface area contributed by atoms with E-state index in [1.165, 1.54) is 6.07 Å². The molecule has 0 saturated carbocycles. The molecule has 0 radical (unpaired) electrons. The van der Waals surface area contributed by atoms with Crippen LogP contribution in [0.4, 0.5) is 5.69 Å². The minimum absolute atomic E-state index is 0.125. The highest BCUT2D eigenvalue weighted by atomic mass is 16.6. The Morgan fingerprint density at radius 2 is 2.24 bits per heavy atom. The lowest BCUT2D eigenvalue weighted by Crippen LogP contribution is -2.04. The van der Waals surface area contributed by atoms with Gasteiger partial charge in [0.05, 0.1) is 11.5 Å². The minimum Gasteiger partial charge on any atom is -0.380 e. The summed E-state index contributed by atoms with van der Waals surface area (Å²) in [6.07, 6.45) is 1.92. The van der Waals surface area contributed by atoms with E-state index in [4.69, 9.17) is 4.74 Å². The summed E-state index contributed by atoms with van der Waals surface area (Å²) in [4.78, 5) is 10.3. The number of hydrogen-bond donors (Lipinski definition) is 0. The van der Waals surface area contributed by atoms with Crippen LogP contribution in [0, 0.1) is 10.1 Å². The van der Waals surface area contributed by atoms with Crippen LogP contribution in [0.1, 0.15) is 6.92 Å². The van der Waals surface area contributed by atoms with E-state index < -0.39 is 0 Å². The van der Waals surface area contributed by atoms with E-state index in [1.54, 1.807) is 12.1 Å². The second kappa shape index (κ2) is 4.97. The molecule has 90 valence electrons. The quantitative estimate of drug-likeness (QED) is 0.454. The molecule has 1 aromatic carbocycles. The second-order valence-corrected chi connectivity index (χ2v) is 3.71. The Hall–Kier alpha value is -1.88. The van der Waals surface area contributed by atoms with Gasteiger partial charge in [-0.25, -0.2) is 0 Å². The average Bonchev–Trinajstić information content (AvgIpc) is 2.72. The van der Waals surface area contributed by atoms with E-state index in [2.05, 4.69) is 0 Å². The number of nitro benzene ring substituents is 1. The van der Waals surface area contributed by atoms with Crippen LogP contribution in [-0.4, -0.2) is 22.7 Å². The highest BCUT2D eigenvalue weighted by Gasteiger charge is 2.08. The summed E-state index contributed by atoms with van der Waals surface area (Å²) >= 11 is 0. The lowest BCUT2D eigenvalue weighted by molar-refractivity contribution is -0.384. The third kappa shape index (κ3) is 2.45. The summed E-state index contributed by atoms with van der Waals surface area (Å²) in [5.74, 6) is 0. The fourth-order valence-electron chi connectivity index (χ4n) is 1.80. The van der Waals surface area contributed by atoms with Crippen LogP contribution in [0.3, 0.4) is 0 Å². The summed E-state index contributed by atoms with van der Waals surface area (Å²) in [7, 11) is 0. The van der Waals surface area contributed by atoms with Crippen LogP contribution in [0.15, 0.2) is 30.5 Å². The summed E-state index contributed by atoms with van der Waals surface area (Å²) in [6.45, 7) is 4.06. The first-order valence-electron chi connectivity index (χ1n) is 5.53.